The maximum absolute atomic E-state index is 13.1. The number of nitro groups is 1. The number of aliphatic hydroxyl groups excluding tert-OH is 1. The van der Waals surface area contributed by atoms with Gasteiger partial charge in [-0.25, -0.2) is 0 Å². The maximum atomic E-state index is 13.1. The maximum Gasteiger partial charge on any atom is 0.301 e. The van der Waals surface area contributed by atoms with E-state index < -0.39 is 28.4 Å². The van der Waals surface area contributed by atoms with Crippen LogP contribution in [-0.4, -0.2) is 38.5 Å². The van der Waals surface area contributed by atoms with E-state index in [0.29, 0.717) is 22.9 Å². The monoisotopic (exact) mass is 466 g/mol. The number of rotatable bonds is 6. The highest BCUT2D eigenvalue weighted by Gasteiger charge is 2.48. The summed E-state index contributed by atoms with van der Waals surface area (Å²) in [6, 6.07) is 10.8. The predicted molar refractivity (Wildman–Crippen MR) is 120 cm³/mol. The van der Waals surface area contributed by atoms with Gasteiger partial charge >= 0.3 is 5.91 Å². The van der Waals surface area contributed by atoms with E-state index in [1.54, 1.807) is 37.3 Å². The first-order chi connectivity index (χ1) is 15.8. The molecular formula is C22H18N4O6S. The fourth-order valence-electron chi connectivity index (χ4n) is 3.57. The Balaban J connectivity index is 1.91. The van der Waals surface area contributed by atoms with Crippen LogP contribution in [0.4, 0.5) is 10.8 Å². The van der Waals surface area contributed by atoms with Crippen LogP contribution < -0.4 is 9.64 Å². The second kappa shape index (κ2) is 8.79. The van der Waals surface area contributed by atoms with E-state index in [0.717, 1.165) is 16.2 Å². The van der Waals surface area contributed by atoms with Crippen molar-refractivity contribution in [1.82, 2.24) is 10.2 Å². The van der Waals surface area contributed by atoms with Crippen molar-refractivity contribution in [3.05, 3.63) is 80.4 Å². The van der Waals surface area contributed by atoms with Gasteiger partial charge in [0, 0.05) is 17.7 Å². The lowest BCUT2D eigenvalue weighted by Gasteiger charge is -2.22. The lowest BCUT2D eigenvalue weighted by Crippen LogP contribution is -2.29. The van der Waals surface area contributed by atoms with Crippen LogP contribution in [-0.2, 0) is 9.59 Å². The van der Waals surface area contributed by atoms with E-state index in [1.165, 1.54) is 18.2 Å². The Hall–Kier alpha value is -4.12. The van der Waals surface area contributed by atoms with Gasteiger partial charge in [-0.3, -0.25) is 24.6 Å². The molecule has 0 aliphatic carbocycles. The molecule has 1 N–H and O–H groups in total. The minimum atomic E-state index is -1.12. The zero-order valence-electron chi connectivity index (χ0n) is 17.6. The number of amides is 1. The first-order valence-corrected chi connectivity index (χ1v) is 10.7. The summed E-state index contributed by atoms with van der Waals surface area (Å²) in [7, 11) is 0. The number of ketones is 1. The van der Waals surface area contributed by atoms with Crippen molar-refractivity contribution in [3.8, 4) is 5.75 Å². The SMILES string of the molecule is CCOc1ccc(C(O)=C2C(=O)C(=O)N(c3nnc(C)s3)C2c2cccc([N+](=O)[O-])c2)cc1. The van der Waals surface area contributed by atoms with Gasteiger partial charge in [0.1, 0.15) is 16.5 Å². The van der Waals surface area contributed by atoms with Gasteiger partial charge in [0.25, 0.3) is 11.5 Å². The Morgan fingerprint density at radius 1 is 1.21 bits per heavy atom. The molecule has 1 amide bonds. The van der Waals surface area contributed by atoms with Crippen LogP contribution in [0.3, 0.4) is 0 Å². The van der Waals surface area contributed by atoms with Crippen LogP contribution in [0.15, 0.2) is 54.1 Å². The summed E-state index contributed by atoms with van der Waals surface area (Å²) < 4.78 is 5.40. The van der Waals surface area contributed by atoms with Gasteiger partial charge in [0.15, 0.2) is 0 Å². The largest absolute Gasteiger partial charge is 0.507 e. The smallest absolute Gasteiger partial charge is 0.301 e. The number of hydrogen-bond acceptors (Lipinski definition) is 9. The quantitative estimate of drug-likeness (QED) is 0.191. The van der Waals surface area contributed by atoms with E-state index in [1.807, 2.05) is 6.92 Å². The fraction of sp³-hybridized carbons (Fsp3) is 0.182. The number of Topliss-reactive ketones (excluding diaryl/α,β-unsaturated/α-hetero) is 1. The summed E-state index contributed by atoms with van der Waals surface area (Å²) in [4.78, 5) is 38.0. The van der Waals surface area contributed by atoms with E-state index in [4.69, 9.17) is 4.74 Å². The van der Waals surface area contributed by atoms with Crippen molar-refractivity contribution in [2.75, 3.05) is 11.5 Å². The Morgan fingerprint density at radius 3 is 2.55 bits per heavy atom. The number of benzene rings is 2. The summed E-state index contributed by atoms with van der Waals surface area (Å²) in [5.41, 5.74) is 0.161. The number of ether oxygens (including phenoxy) is 1. The zero-order valence-corrected chi connectivity index (χ0v) is 18.4. The molecule has 1 aliphatic heterocycles. The lowest BCUT2D eigenvalue weighted by molar-refractivity contribution is -0.384. The lowest BCUT2D eigenvalue weighted by atomic mass is 9.95. The standard InChI is InChI=1S/C22H18N4O6S/c1-3-32-16-9-7-13(8-10-16)19(27)17-18(14-5-4-6-15(11-14)26(30)31)25(21(29)20(17)28)22-24-23-12(2)33-22/h4-11,18,27H,3H2,1-2H3. The first kappa shape index (κ1) is 22.1. The molecule has 33 heavy (non-hydrogen) atoms. The number of aryl methyl sites for hydroxylation is 1. The molecule has 10 nitrogen and oxygen atoms in total. The van der Waals surface area contributed by atoms with Crippen molar-refractivity contribution < 1.29 is 24.4 Å². The number of non-ortho nitro benzene ring substituents is 1. The topological polar surface area (TPSA) is 136 Å². The Kier molecular flexibility index (Phi) is 5.88. The molecule has 0 spiro atoms. The van der Waals surface area contributed by atoms with Gasteiger partial charge in [-0.1, -0.05) is 23.5 Å². The van der Waals surface area contributed by atoms with Crippen LogP contribution in [0.2, 0.25) is 0 Å². The van der Waals surface area contributed by atoms with Crippen molar-refractivity contribution in [2.24, 2.45) is 0 Å². The summed E-state index contributed by atoms with van der Waals surface area (Å²) >= 11 is 1.09. The zero-order chi connectivity index (χ0) is 23.7. The molecule has 2 aromatic carbocycles. The normalized spacial score (nSPS) is 17.4. The third-order valence-electron chi connectivity index (χ3n) is 5.00. The van der Waals surface area contributed by atoms with Crippen molar-refractivity contribution >= 4 is 39.6 Å². The van der Waals surface area contributed by atoms with Crippen LogP contribution in [0.5, 0.6) is 5.75 Å². The van der Waals surface area contributed by atoms with Gasteiger partial charge in [-0.2, -0.15) is 0 Å². The molecule has 1 atom stereocenters. The number of hydrogen-bond donors (Lipinski definition) is 1. The molecule has 1 aromatic heterocycles. The Morgan fingerprint density at radius 2 is 1.94 bits per heavy atom. The second-order valence-electron chi connectivity index (χ2n) is 7.08. The van der Waals surface area contributed by atoms with E-state index in [-0.39, 0.29) is 22.0 Å². The number of carbonyl (C=O) groups excluding carboxylic acids is 2. The van der Waals surface area contributed by atoms with Crippen LogP contribution >= 0.6 is 11.3 Å². The number of anilines is 1. The Labute approximate surface area is 191 Å². The Bertz CT molecular complexity index is 1280. The highest BCUT2D eigenvalue weighted by molar-refractivity contribution is 7.15. The number of aliphatic hydroxyl groups is 1. The predicted octanol–water partition coefficient (Wildman–Crippen LogP) is 3.78. The van der Waals surface area contributed by atoms with Crippen LogP contribution in [0.25, 0.3) is 5.76 Å². The average molecular weight is 466 g/mol. The average Bonchev–Trinajstić information content (AvgIpc) is 3.34. The molecule has 1 unspecified atom stereocenters. The van der Waals surface area contributed by atoms with Crippen molar-refractivity contribution in [1.29, 1.82) is 0 Å². The van der Waals surface area contributed by atoms with Gasteiger partial charge in [0.2, 0.25) is 5.13 Å². The van der Waals surface area contributed by atoms with Gasteiger partial charge < -0.3 is 9.84 Å². The molecule has 1 aliphatic rings. The summed E-state index contributed by atoms with van der Waals surface area (Å²) in [5.74, 6) is -1.66. The molecule has 2 heterocycles. The molecule has 0 saturated carbocycles. The van der Waals surface area contributed by atoms with Crippen molar-refractivity contribution in [3.63, 3.8) is 0 Å². The highest BCUT2D eigenvalue weighted by atomic mass is 32.1. The van der Waals surface area contributed by atoms with E-state index in [9.17, 15) is 24.8 Å². The van der Waals surface area contributed by atoms with Crippen molar-refractivity contribution in [2.45, 2.75) is 19.9 Å². The molecule has 0 bridgehead atoms. The number of aromatic nitrogens is 2. The van der Waals surface area contributed by atoms with E-state index in [2.05, 4.69) is 10.2 Å². The number of nitrogens with zero attached hydrogens (tertiary/aromatic N) is 4. The molecule has 3 aromatic rings. The summed E-state index contributed by atoms with van der Waals surface area (Å²) in [6.45, 7) is 3.99. The number of nitro benzene ring substituents is 1. The molecule has 168 valence electrons. The fourth-order valence-corrected chi connectivity index (χ4v) is 4.28. The number of carbonyl (C=O) groups is 2. The van der Waals surface area contributed by atoms with E-state index >= 15 is 0 Å². The molecule has 1 saturated heterocycles. The molecule has 0 radical (unpaired) electrons. The second-order valence-corrected chi connectivity index (χ2v) is 8.24. The molecule has 4 rings (SSSR count). The first-order valence-electron chi connectivity index (χ1n) is 9.90. The van der Waals surface area contributed by atoms with Gasteiger partial charge in [0.05, 0.1) is 23.1 Å². The molecular weight excluding hydrogens is 448 g/mol. The minimum Gasteiger partial charge on any atom is -0.507 e. The van der Waals surface area contributed by atoms with Gasteiger partial charge in [-0.15, -0.1) is 10.2 Å². The summed E-state index contributed by atoms with van der Waals surface area (Å²) in [6.07, 6.45) is 0. The highest BCUT2D eigenvalue weighted by Crippen LogP contribution is 2.43. The third-order valence-corrected chi connectivity index (χ3v) is 5.84. The molecule has 1 fully saturated rings. The third kappa shape index (κ3) is 4.05. The summed E-state index contributed by atoms with van der Waals surface area (Å²) in [5, 5.41) is 31.0. The van der Waals surface area contributed by atoms with Crippen LogP contribution in [0.1, 0.15) is 29.1 Å². The van der Waals surface area contributed by atoms with Crippen LogP contribution in [0, 0.1) is 17.0 Å². The minimum absolute atomic E-state index is 0.150. The van der Waals surface area contributed by atoms with Gasteiger partial charge in [-0.05, 0) is 43.7 Å². The molecule has 11 heteroatoms.